The van der Waals surface area contributed by atoms with E-state index in [4.69, 9.17) is 44.3 Å². The highest BCUT2D eigenvalue weighted by atomic mass is 35.5. The van der Waals surface area contributed by atoms with Crippen LogP contribution in [0.15, 0.2) is 40.3 Å². The molecule has 2 rings (SSSR count). The van der Waals surface area contributed by atoms with E-state index in [0.29, 0.717) is 22.1 Å². The largest absolute Gasteiger partial charge is 0.478 e. The number of benzene rings is 1. The number of rotatable bonds is 4. The maximum atomic E-state index is 11.0. The van der Waals surface area contributed by atoms with E-state index in [9.17, 15) is 4.79 Å². The summed E-state index contributed by atoms with van der Waals surface area (Å²) in [5, 5.41) is 18.3. The molecule has 1 heterocycles. The van der Waals surface area contributed by atoms with Gasteiger partial charge in [-0.1, -0.05) is 23.8 Å². The van der Waals surface area contributed by atoms with E-state index >= 15 is 0 Å². The van der Waals surface area contributed by atoms with Crippen LogP contribution in [0.25, 0.3) is 17.4 Å². The molecule has 0 aliphatic heterocycles. The summed E-state index contributed by atoms with van der Waals surface area (Å²) >= 11 is 10.8. The van der Waals surface area contributed by atoms with Crippen molar-refractivity contribution >= 4 is 40.9 Å². The zero-order valence-electron chi connectivity index (χ0n) is 11.0. The molecule has 0 fully saturated rings. The van der Waals surface area contributed by atoms with Gasteiger partial charge >= 0.3 is 5.97 Å². The van der Waals surface area contributed by atoms with Crippen molar-refractivity contribution in [1.82, 2.24) is 0 Å². The Balaban J connectivity index is 2.45. The highest BCUT2D eigenvalue weighted by Gasteiger charge is 2.12. The molecule has 0 amide bonds. The second-order valence-corrected chi connectivity index (χ2v) is 5.08. The van der Waals surface area contributed by atoms with E-state index in [1.165, 1.54) is 24.3 Å². The van der Waals surface area contributed by atoms with E-state index in [0.717, 1.165) is 0 Å². The van der Waals surface area contributed by atoms with E-state index in [2.05, 4.69) is 0 Å². The van der Waals surface area contributed by atoms with Crippen molar-refractivity contribution in [2.45, 2.75) is 0 Å². The van der Waals surface area contributed by atoms with Gasteiger partial charge in [0.25, 0.3) is 0 Å². The predicted molar refractivity (Wildman–Crippen MR) is 86.5 cm³/mol. The van der Waals surface area contributed by atoms with Gasteiger partial charge in [0.05, 0.1) is 16.2 Å². The minimum absolute atomic E-state index is 0.0358. The highest BCUT2D eigenvalue weighted by Crippen LogP contribution is 2.31. The molecular formula is C15H9ClN2O3S. The van der Waals surface area contributed by atoms with Crippen molar-refractivity contribution in [3.8, 4) is 17.4 Å². The molecule has 0 radical (unpaired) electrons. The van der Waals surface area contributed by atoms with Gasteiger partial charge in [0.1, 0.15) is 22.6 Å². The van der Waals surface area contributed by atoms with Gasteiger partial charge in [0.2, 0.25) is 0 Å². The molecule has 0 saturated carbocycles. The Morgan fingerprint density at radius 2 is 2.14 bits per heavy atom. The molecule has 110 valence electrons. The first kappa shape index (κ1) is 15.8. The molecule has 3 N–H and O–H groups in total. The molecule has 22 heavy (non-hydrogen) atoms. The Labute approximate surface area is 136 Å². The van der Waals surface area contributed by atoms with Crippen LogP contribution in [0.3, 0.4) is 0 Å². The summed E-state index contributed by atoms with van der Waals surface area (Å²) in [5.74, 6) is -0.333. The number of aromatic carboxylic acids is 1. The van der Waals surface area contributed by atoms with Crippen LogP contribution in [-0.4, -0.2) is 16.1 Å². The Morgan fingerprint density at radius 1 is 1.41 bits per heavy atom. The lowest BCUT2D eigenvalue weighted by Crippen LogP contribution is -2.09. The van der Waals surface area contributed by atoms with E-state index in [1.807, 2.05) is 6.07 Å². The summed E-state index contributed by atoms with van der Waals surface area (Å²) in [7, 11) is 0. The first-order chi connectivity index (χ1) is 10.4. The van der Waals surface area contributed by atoms with Gasteiger partial charge in [0, 0.05) is 11.6 Å². The average molecular weight is 333 g/mol. The van der Waals surface area contributed by atoms with Crippen molar-refractivity contribution in [3.63, 3.8) is 0 Å². The molecule has 0 unspecified atom stereocenters. The van der Waals surface area contributed by atoms with Crippen molar-refractivity contribution in [2.75, 3.05) is 0 Å². The predicted octanol–water partition coefficient (Wildman–Crippen LogP) is 3.49. The Morgan fingerprint density at radius 3 is 2.73 bits per heavy atom. The van der Waals surface area contributed by atoms with Gasteiger partial charge in [-0.25, -0.2) is 4.79 Å². The molecule has 1 aromatic carbocycles. The van der Waals surface area contributed by atoms with E-state index < -0.39 is 5.97 Å². The summed E-state index contributed by atoms with van der Waals surface area (Å²) in [6.45, 7) is 0. The fourth-order valence-electron chi connectivity index (χ4n) is 1.72. The lowest BCUT2D eigenvalue weighted by atomic mass is 10.1. The lowest BCUT2D eigenvalue weighted by molar-refractivity contribution is 0.0697. The summed E-state index contributed by atoms with van der Waals surface area (Å²) in [6.07, 6.45) is 1.40. The zero-order valence-corrected chi connectivity index (χ0v) is 12.6. The van der Waals surface area contributed by atoms with Crippen LogP contribution >= 0.6 is 23.8 Å². The van der Waals surface area contributed by atoms with Crippen molar-refractivity contribution in [3.05, 3.63) is 52.3 Å². The van der Waals surface area contributed by atoms with Crippen LogP contribution in [0, 0.1) is 11.3 Å². The number of hydrogen-bond acceptors (Lipinski definition) is 4. The molecular weight excluding hydrogens is 324 g/mol. The Bertz CT molecular complexity index is 834. The number of halogens is 1. The van der Waals surface area contributed by atoms with Crippen LogP contribution in [0.5, 0.6) is 0 Å². The molecule has 0 spiro atoms. The van der Waals surface area contributed by atoms with Gasteiger partial charge in [-0.15, -0.1) is 0 Å². The van der Waals surface area contributed by atoms with Crippen molar-refractivity contribution < 1.29 is 14.3 Å². The van der Waals surface area contributed by atoms with E-state index in [1.54, 1.807) is 12.1 Å². The first-order valence-corrected chi connectivity index (χ1v) is 6.75. The number of nitrogens with zero attached hydrogens (tertiary/aromatic N) is 1. The number of carboxylic acids is 1. The second kappa shape index (κ2) is 6.43. The first-order valence-electron chi connectivity index (χ1n) is 5.97. The Hall–Kier alpha value is -2.62. The second-order valence-electron chi connectivity index (χ2n) is 4.24. The van der Waals surface area contributed by atoms with Crippen molar-refractivity contribution in [2.24, 2.45) is 5.73 Å². The number of nitrogens with two attached hydrogens (primary N) is 1. The third-order valence-electron chi connectivity index (χ3n) is 2.78. The standard InChI is InChI=1S/C15H9ClN2O3S/c16-12-3-1-8(15(19)20)6-11(12)13-4-2-10(21-13)5-9(7-17)14(18)22/h1-6H,(H2,18,22)(H,19,20)/b9-5-. The third kappa shape index (κ3) is 3.34. The van der Waals surface area contributed by atoms with Crippen LogP contribution in [0.1, 0.15) is 16.1 Å². The number of thiocarbonyl (C=S) groups is 1. The average Bonchev–Trinajstić information content (AvgIpc) is 2.93. The number of furan rings is 1. The minimum atomic E-state index is -1.06. The lowest BCUT2D eigenvalue weighted by Gasteiger charge is -2.02. The summed E-state index contributed by atoms with van der Waals surface area (Å²) < 4.78 is 5.55. The summed E-state index contributed by atoms with van der Waals surface area (Å²) in [5.41, 5.74) is 6.05. The highest BCUT2D eigenvalue weighted by molar-refractivity contribution is 7.80. The topological polar surface area (TPSA) is 100 Å². The van der Waals surface area contributed by atoms with Crippen LogP contribution in [0.4, 0.5) is 0 Å². The molecule has 0 bridgehead atoms. The third-order valence-corrected chi connectivity index (χ3v) is 3.33. The normalized spacial score (nSPS) is 11.0. The number of carbonyl (C=O) groups is 1. The maximum Gasteiger partial charge on any atom is 0.335 e. The molecule has 0 aliphatic rings. The van der Waals surface area contributed by atoms with Crippen molar-refractivity contribution in [1.29, 1.82) is 5.26 Å². The van der Waals surface area contributed by atoms with Gasteiger partial charge in [0.15, 0.2) is 0 Å². The zero-order chi connectivity index (χ0) is 16.3. The molecule has 1 aromatic heterocycles. The summed E-state index contributed by atoms with van der Waals surface area (Å²) in [6, 6.07) is 9.38. The maximum absolute atomic E-state index is 11.0. The Kier molecular flexibility index (Phi) is 4.61. The van der Waals surface area contributed by atoms with Crippen LogP contribution in [0.2, 0.25) is 5.02 Å². The fraction of sp³-hybridized carbons (Fsp3) is 0. The number of hydrogen-bond donors (Lipinski definition) is 2. The summed E-state index contributed by atoms with van der Waals surface area (Å²) in [4.78, 5) is 11.0. The monoisotopic (exact) mass is 332 g/mol. The quantitative estimate of drug-likeness (QED) is 0.505. The number of nitriles is 1. The molecule has 0 aliphatic carbocycles. The smallest absolute Gasteiger partial charge is 0.335 e. The molecule has 7 heteroatoms. The van der Waals surface area contributed by atoms with Gasteiger partial charge in [-0.3, -0.25) is 0 Å². The SMILES string of the molecule is N#C/C(=C/c1ccc(-c2cc(C(=O)O)ccc2Cl)o1)C(N)=S. The van der Waals surface area contributed by atoms with E-state index in [-0.39, 0.29) is 16.1 Å². The van der Waals surface area contributed by atoms with Crippen LogP contribution in [-0.2, 0) is 0 Å². The fourth-order valence-corrected chi connectivity index (χ4v) is 2.04. The van der Waals surface area contributed by atoms with Gasteiger partial charge < -0.3 is 15.3 Å². The molecule has 5 nitrogen and oxygen atoms in total. The van der Waals surface area contributed by atoms with Crippen LogP contribution < -0.4 is 5.73 Å². The molecule has 2 aromatic rings. The molecule has 0 saturated heterocycles. The van der Waals surface area contributed by atoms with Gasteiger partial charge in [-0.05, 0) is 30.3 Å². The molecule has 0 atom stereocenters. The van der Waals surface area contributed by atoms with Gasteiger partial charge in [-0.2, -0.15) is 5.26 Å². The minimum Gasteiger partial charge on any atom is -0.478 e. The number of carboxylic acid groups (broad SMARTS) is 1.